The van der Waals surface area contributed by atoms with E-state index in [9.17, 15) is 23.8 Å². The highest BCUT2D eigenvalue weighted by molar-refractivity contribution is 7.59. The first-order valence-corrected chi connectivity index (χ1v) is 23.5. The highest BCUT2D eigenvalue weighted by Gasteiger charge is 2.66. The molecule has 2 saturated heterocycles. The van der Waals surface area contributed by atoms with Gasteiger partial charge in [-0.25, -0.2) is 9.78 Å². The molecule has 58 heavy (non-hydrogen) atoms. The average Bonchev–Trinajstić information content (AvgIpc) is 3.68. The van der Waals surface area contributed by atoms with Gasteiger partial charge >= 0.3 is 6.09 Å². The van der Waals surface area contributed by atoms with E-state index in [-0.39, 0.29) is 31.1 Å². The largest absolute Gasteiger partial charge is 0.497 e. The highest BCUT2D eigenvalue weighted by atomic mass is 32.1. The van der Waals surface area contributed by atoms with Crippen LogP contribution in [0, 0.1) is 5.92 Å². The fourth-order valence-electron chi connectivity index (χ4n) is 9.15. The number of thiophene rings is 1. The van der Waals surface area contributed by atoms with Crippen molar-refractivity contribution in [3.8, 4) is 22.8 Å². The van der Waals surface area contributed by atoms with E-state index >= 15 is 0 Å². The first-order valence-electron chi connectivity index (χ1n) is 20.8. The summed E-state index contributed by atoms with van der Waals surface area (Å²) < 4.78 is 32.5. The summed E-state index contributed by atoms with van der Waals surface area (Å²) in [5, 5.41) is 7.34. The van der Waals surface area contributed by atoms with Crippen LogP contribution < -0.4 is 20.1 Å². The molecule has 3 N–H and O–H groups in total. The van der Waals surface area contributed by atoms with Gasteiger partial charge in [0, 0.05) is 34.4 Å². The Morgan fingerprint density at radius 3 is 2.48 bits per heavy atom. The molecule has 12 nitrogen and oxygen atoms in total. The van der Waals surface area contributed by atoms with Crippen LogP contribution in [0.4, 0.5) is 4.79 Å². The topological polar surface area (TPSA) is 156 Å². The molecule has 0 radical (unpaired) electrons. The molecule has 4 aliphatic rings. The number of aromatic nitrogens is 1. The van der Waals surface area contributed by atoms with Crippen molar-refractivity contribution in [3.63, 3.8) is 0 Å². The number of fused-ring (bicyclic) bond motifs is 3. The van der Waals surface area contributed by atoms with Gasteiger partial charge in [-0.15, -0.1) is 11.3 Å². The van der Waals surface area contributed by atoms with Gasteiger partial charge in [0.05, 0.1) is 31.0 Å². The third-order valence-electron chi connectivity index (χ3n) is 12.4. The van der Waals surface area contributed by atoms with E-state index < -0.39 is 48.7 Å². The number of ether oxygens (including phenoxy) is 3. The molecule has 14 heteroatoms. The van der Waals surface area contributed by atoms with Crippen LogP contribution in [0.1, 0.15) is 88.3 Å². The first kappa shape index (κ1) is 40.3. The molecule has 2 aliphatic carbocycles. The molecule has 3 amide bonds. The summed E-state index contributed by atoms with van der Waals surface area (Å²) in [6.45, 7) is 0.0653. The van der Waals surface area contributed by atoms with Gasteiger partial charge in [-0.05, 0) is 74.4 Å². The van der Waals surface area contributed by atoms with Crippen molar-refractivity contribution in [3.05, 3.63) is 77.0 Å². The van der Waals surface area contributed by atoms with E-state index in [1.165, 1.54) is 16.2 Å². The van der Waals surface area contributed by atoms with Crippen LogP contribution in [0.5, 0.6) is 11.5 Å². The van der Waals surface area contributed by atoms with Gasteiger partial charge in [0.1, 0.15) is 41.1 Å². The maximum absolute atomic E-state index is 14.8. The number of hydrogen-bond acceptors (Lipinski definition) is 9. The highest BCUT2D eigenvalue weighted by Crippen LogP contribution is 2.71. The number of nitrogens with one attached hydrogen (secondary N) is 2. The van der Waals surface area contributed by atoms with E-state index in [1.54, 1.807) is 7.11 Å². The predicted molar refractivity (Wildman–Crippen MR) is 223 cm³/mol. The zero-order valence-corrected chi connectivity index (χ0v) is 34.7. The second kappa shape index (κ2) is 17.4. The molecule has 4 heterocycles. The molecule has 1 unspecified atom stereocenters. The number of amides is 3. The van der Waals surface area contributed by atoms with E-state index in [0.717, 1.165) is 73.6 Å². The SMILES string of the molecule is COc1ccc2c(O[C@@H]3C[C@H]4C(=O)N[C@]5(P(=O)(O)Cc6cccs6)C[C@@H]5CCCCCCC[C@H](NC(=O)OC5CCCC5)C(=O)N4C3)cc(-c3ccccc3)nc2c1. The summed E-state index contributed by atoms with van der Waals surface area (Å²) in [6.07, 6.45) is 8.12. The van der Waals surface area contributed by atoms with Gasteiger partial charge in [-0.3, -0.25) is 14.2 Å². The van der Waals surface area contributed by atoms with Crippen molar-refractivity contribution in [1.82, 2.24) is 20.5 Å². The Morgan fingerprint density at radius 1 is 0.966 bits per heavy atom. The summed E-state index contributed by atoms with van der Waals surface area (Å²) >= 11 is 1.43. The van der Waals surface area contributed by atoms with Gasteiger partial charge in [-0.1, -0.05) is 68.5 Å². The zero-order chi connectivity index (χ0) is 40.3. The standard InChI is InChI=1S/C44H53N4O8PS/c1-54-32-20-21-35-38(23-32)45-37(29-13-6-5-7-14-29)25-40(35)55-33-24-39-41(49)47-44(57(52,53)28-34-18-12-22-58-34)26-30(44)15-8-3-2-4-9-19-36(42(50)48(39)27-33)46-43(51)56-31-16-10-11-17-31/h5-7,12-14,18,20-23,25,30-31,33,36,39H,2-4,8-11,15-17,19,24,26-28H2,1H3,(H,46,51)(H,47,49)(H,52,53)/t30-,33+,36-,39-,44-/m0/s1. The Bertz CT molecular complexity index is 2150. The quantitative estimate of drug-likeness (QED) is 0.141. The first-order chi connectivity index (χ1) is 28.1. The van der Waals surface area contributed by atoms with Crippen LogP contribution in [0.2, 0.25) is 0 Å². The second-order valence-corrected chi connectivity index (χ2v) is 19.9. The number of pyridine rings is 1. The number of nitrogens with zero attached hydrogens (tertiary/aromatic N) is 2. The van der Waals surface area contributed by atoms with E-state index in [2.05, 4.69) is 10.6 Å². The Morgan fingerprint density at radius 2 is 1.72 bits per heavy atom. The van der Waals surface area contributed by atoms with Crippen LogP contribution in [0.25, 0.3) is 22.2 Å². The number of carbonyl (C=O) groups excluding carboxylic acids is 3. The lowest BCUT2D eigenvalue weighted by Gasteiger charge is -2.31. The molecule has 0 bridgehead atoms. The molecule has 0 spiro atoms. The Kier molecular flexibility index (Phi) is 12.1. The van der Waals surface area contributed by atoms with Crippen molar-refractivity contribution in [2.45, 2.75) is 119 Å². The smallest absolute Gasteiger partial charge is 0.408 e. The zero-order valence-electron chi connectivity index (χ0n) is 33.0. The fraction of sp³-hybridized carbons (Fsp3) is 0.500. The minimum Gasteiger partial charge on any atom is -0.497 e. The van der Waals surface area contributed by atoms with Gasteiger partial charge in [0.25, 0.3) is 0 Å². The lowest BCUT2D eigenvalue weighted by Crippen LogP contribution is -2.55. The summed E-state index contributed by atoms with van der Waals surface area (Å²) in [7, 11) is -2.35. The van der Waals surface area contributed by atoms with Crippen LogP contribution in [0.3, 0.4) is 0 Å². The van der Waals surface area contributed by atoms with Gasteiger partial charge in [-0.2, -0.15) is 0 Å². The molecule has 308 valence electrons. The number of alkyl carbamates (subject to hydrolysis) is 1. The van der Waals surface area contributed by atoms with Crippen LogP contribution >= 0.6 is 18.7 Å². The molecule has 2 aromatic carbocycles. The summed E-state index contributed by atoms with van der Waals surface area (Å²) in [6, 6.07) is 19.0. The number of methoxy groups -OCH3 is 1. The number of carbonyl (C=O) groups is 3. The minimum absolute atomic E-state index is 0.0285. The van der Waals surface area contributed by atoms with Gasteiger partial charge in [0.15, 0.2) is 0 Å². The average molecular weight is 829 g/mol. The summed E-state index contributed by atoms with van der Waals surface area (Å²) in [4.78, 5) is 61.8. The number of rotatable bonds is 9. The van der Waals surface area contributed by atoms with Crippen molar-refractivity contribution in [2.75, 3.05) is 13.7 Å². The molecule has 2 aliphatic heterocycles. The van der Waals surface area contributed by atoms with Crippen LogP contribution in [0.15, 0.2) is 72.1 Å². The maximum Gasteiger partial charge on any atom is 0.408 e. The lowest BCUT2D eigenvalue weighted by atomic mass is 10.0. The number of benzene rings is 2. The molecule has 2 saturated carbocycles. The Labute approximate surface area is 343 Å². The third kappa shape index (κ3) is 8.77. The molecular weight excluding hydrogens is 776 g/mol. The normalized spacial score (nSPS) is 26.7. The summed E-state index contributed by atoms with van der Waals surface area (Å²) in [5.74, 6) is 0.148. The van der Waals surface area contributed by atoms with Crippen molar-refractivity contribution < 1.29 is 38.1 Å². The predicted octanol–water partition coefficient (Wildman–Crippen LogP) is 8.40. The molecule has 4 aromatic rings. The van der Waals surface area contributed by atoms with E-state index in [0.29, 0.717) is 42.0 Å². The monoisotopic (exact) mass is 828 g/mol. The maximum atomic E-state index is 14.8. The van der Waals surface area contributed by atoms with Crippen LogP contribution in [-0.4, -0.2) is 75.9 Å². The van der Waals surface area contributed by atoms with Gasteiger partial charge in [0.2, 0.25) is 19.2 Å². The Balaban J connectivity index is 1.12. The minimum atomic E-state index is -3.95. The molecule has 2 aromatic heterocycles. The van der Waals surface area contributed by atoms with E-state index in [1.807, 2.05) is 72.1 Å². The molecule has 6 atom stereocenters. The van der Waals surface area contributed by atoms with Crippen LogP contribution in [-0.2, 0) is 25.1 Å². The van der Waals surface area contributed by atoms with Crippen molar-refractivity contribution >= 4 is 47.5 Å². The second-order valence-electron chi connectivity index (χ2n) is 16.3. The van der Waals surface area contributed by atoms with Gasteiger partial charge < -0.3 is 34.6 Å². The fourth-order valence-corrected chi connectivity index (χ4v) is 12.8. The molecule has 8 rings (SSSR count). The molecular formula is C44H53N4O8PS. The Hall–Kier alpha value is -4.45. The lowest BCUT2D eigenvalue weighted by molar-refractivity contribution is -0.140. The number of hydrogen-bond donors (Lipinski definition) is 3. The van der Waals surface area contributed by atoms with E-state index in [4.69, 9.17) is 19.2 Å². The van der Waals surface area contributed by atoms with Crippen molar-refractivity contribution in [1.29, 1.82) is 0 Å². The van der Waals surface area contributed by atoms with Crippen molar-refractivity contribution in [2.24, 2.45) is 5.92 Å². The third-order valence-corrected chi connectivity index (χ3v) is 16.2. The summed E-state index contributed by atoms with van der Waals surface area (Å²) in [5.41, 5.74) is 2.24. The molecule has 4 fully saturated rings.